The predicted octanol–water partition coefficient (Wildman–Crippen LogP) is 1.50. The summed E-state index contributed by atoms with van der Waals surface area (Å²) in [5.41, 5.74) is 0.337. The molecular formula is C24H37O7-. The molecule has 0 unspecified atom stereocenters. The SMILES string of the molecule is CCC(C)(C)C(=O)O[C@H]1C[C@@H](O)C=C2C=C[C@H](C)[C@H](CC[C@@H](O)C[C@@H](O)CC(=O)[O-])[C@H]21. The van der Waals surface area contributed by atoms with Crippen molar-refractivity contribution in [1.29, 1.82) is 0 Å². The summed E-state index contributed by atoms with van der Waals surface area (Å²) in [7, 11) is 0. The van der Waals surface area contributed by atoms with E-state index in [1.807, 2.05) is 32.9 Å². The van der Waals surface area contributed by atoms with Gasteiger partial charge in [0.2, 0.25) is 0 Å². The second-order valence-corrected chi connectivity index (χ2v) is 9.76. The van der Waals surface area contributed by atoms with Gasteiger partial charge in [-0.25, -0.2) is 0 Å². The number of allylic oxidation sites excluding steroid dienone is 2. The molecule has 0 radical (unpaired) electrons. The van der Waals surface area contributed by atoms with Crippen molar-refractivity contribution in [2.75, 3.05) is 0 Å². The van der Waals surface area contributed by atoms with Crippen molar-refractivity contribution < 1.29 is 34.8 Å². The van der Waals surface area contributed by atoms with Crippen molar-refractivity contribution in [3.8, 4) is 0 Å². The van der Waals surface area contributed by atoms with Crippen LogP contribution in [-0.2, 0) is 14.3 Å². The van der Waals surface area contributed by atoms with Crippen LogP contribution >= 0.6 is 0 Å². The highest BCUT2D eigenvalue weighted by Gasteiger charge is 2.43. The summed E-state index contributed by atoms with van der Waals surface area (Å²) in [4.78, 5) is 23.4. The average Bonchev–Trinajstić information content (AvgIpc) is 2.66. The van der Waals surface area contributed by atoms with Crippen LogP contribution < -0.4 is 5.11 Å². The number of fused-ring (bicyclic) bond motifs is 1. The molecule has 0 heterocycles. The Hall–Kier alpha value is -1.70. The summed E-state index contributed by atoms with van der Waals surface area (Å²) >= 11 is 0. The first-order valence-corrected chi connectivity index (χ1v) is 11.3. The monoisotopic (exact) mass is 437 g/mol. The summed E-state index contributed by atoms with van der Waals surface area (Å²) in [6, 6.07) is 0. The smallest absolute Gasteiger partial charge is 0.311 e. The van der Waals surface area contributed by atoms with Crippen LogP contribution in [0.1, 0.15) is 66.2 Å². The third-order valence-corrected chi connectivity index (χ3v) is 6.85. The van der Waals surface area contributed by atoms with E-state index in [4.69, 9.17) is 4.74 Å². The minimum absolute atomic E-state index is 0.0277. The molecule has 2 aliphatic carbocycles. The lowest BCUT2D eigenvalue weighted by atomic mass is 9.66. The largest absolute Gasteiger partial charge is 0.550 e. The van der Waals surface area contributed by atoms with E-state index in [1.54, 1.807) is 0 Å². The van der Waals surface area contributed by atoms with Gasteiger partial charge >= 0.3 is 5.97 Å². The van der Waals surface area contributed by atoms with E-state index in [9.17, 15) is 30.0 Å². The highest BCUT2D eigenvalue weighted by Crippen LogP contribution is 2.44. The minimum atomic E-state index is -1.35. The van der Waals surface area contributed by atoms with Gasteiger partial charge in [-0.3, -0.25) is 4.79 Å². The van der Waals surface area contributed by atoms with E-state index in [2.05, 4.69) is 13.0 Å². The number of carboxylic acid groups (broad SMARTS) is 1. The Bertz CT molecular complexity index is 696. The first-order chi connectivity index (χ1) is 14.4. The van der Waals surface area contributed by atoms with Crippen molar-refractivity contribution in [2.24, 2.45) is 23.2 Å². The summed E-state index contributed by atoms with van der Waals surface area (Å²) in [6.07, 6.45) is 4.21. The quantitative estimate of drug-likeness (QED) is 0.442. The number of aliphatic hydroxyl groups excluding tert-OH is 3. The van der Waals surface area contributed by atoms with Crippen LogP contribution in [0, 0.1) is 23.2 Å². The van der Waals surface area contributed by atoms with E-state index < -0.39 is 42.2 Å². The molecule has 7 heteroatoms. The third-order valence-electron chi connectivity index (χ3n) is 6.85. The van der Waals surface area contributed by atoms with E-state index in [0.29, 0.717) is 25.7 Å². The molecule has 176 valence electrons. The Balaban J connectivity index is 2.12. The molecule has 2 rings (SSSR count). The molecular weight excluding hydrogens is 400 g/mol. The number of aliphatic carboxylic acids is 1. The first kappa shape index (κ1) is 25.6. The third kappa shape index (κ3) is 6.89. The topological polar surface area (TPSA) is 127 Å². The Morgan fingerprint density at radius 1 is 1.29 bits per heavy atom. The predicted molar refractivity (Wildman–Crippen MR) is 113 cm³/mol. The van der Waals surface area contributed by atoms with Crippen LogP contribution in [0.25, 0.3) is 0 Å². The van der Waals surface area contributed by atoms with Gasteiger partial charge in [-0.2, -0.15) is 0 Å². The fourth-order valence-corrected chi connectivity index (χ4v) is 4.52. The molecule has 0 bridgehead atoms. The fraction of sp³-hybridized carbons (Fsp3) is 0.750. The molecule has 7 nitrogen and oxygen atoms in total. The zero-order chi connectivity index (χ0) is 23.3. The Labute approximate surface area is 184 Å². The zero-order valence-corrected chi connectivity index (χ0v) is 19.0. The number of aliphatic hydroxyl groups is 3. The molecule has 31 heavy (non-hydrogen) atoms. The maximum absolute atomic E-state index is 12.7. The van der Waals surface area contributed by atoms with Crippen LogP contribution in [0.4, 0.5) is 0 Å². The van der Waals surface area contributed by atoms with Gasteiger partial charge in [0.15, 0.2) is 0 Å². The maximum atomic E-state index is 12.7. The highest BCUT2D eigenvalue weighted by atomic mass is 16.5. The van der Waals surface area contributed by atoms with Crippen molar-refractivity contribution in [3.05, 3.63) is 23.8 Å². The molecule has 3 N–H and O–H groups in total. The lowest BCUT2D eigenvalue weighted by molar-refractivity contribution is -0.307. The van der Waals surface area contributed by atoms with Gasteiger partial charge < -0.3 is 30.0 Å². The number of esters is 1. The normalized spacial score (nSPS) is 30.2. The van der Waals surface area contributed by atoms with E-state index in [0.717, 1.165) is 5.57 Å². The van der Waals surface area contributed by atoms with Gasteiger partial charge in [-0.15, -0.1) is 0 Å². The van der Waals surface area contributed by atoms with Gasteiger partial charge in [0, 0.05) is 24.7 Å². The van der Waals surface area contributed by atoms with Crippen molar-refractivity contribution in [2.45, 2.75) is 90.6 Å². The second-order valence-electron chi connectivity index (χ2n) is 9.76. The molecule has 0 fully saturated rings. The molecule has 0 amide bonds. The zero-order valence-electron chi connectivity index (χ0n) is 19.0. The number of hydrogen-bond acceptors (Lipinski definition) is 7. The molecule has 0 aromatic heterocycles. The molecule has 7 atom stereocenters. The van der Waals surface area contributed by atoms with Gasteiger partial charge in [-0.1, -0.05) is 32.1 Å². The van der Waals surface area contributed by atoms with Gasteiger partial charge in [0.05, 0.1) is 23.7 Å². The summed E-state index contributed by atoms with van der Waals surface area (Å²) < 4.78 is 5.93. The van der Waals surface area contributed by atoms with Crippen molar-refractivity contribution in [3.63, 3.8) is 0 Å². The molecule has 0 aromatic carbocycles. The second kappa shape index (κ2) is 10.7. The minimum Gasteiger partial charge on any atom is -0.550 e. The van der Waals surface area contributed by atoms with Crippen LogP contribution in [0.5, 0.6) is 0 Å². The average molecular weight is 438 g/mol. The molecule has 0 spiro atoms. The number of carbonyl (C=O) groups excluding carboxylic acids is 2. The number of rotatable bonds is 10. The van der Waals surface area contributed by atoms with Crippen LogP contribution in [-0.4, -0.2) is 51.7 Å². The van der Waals surface area contributed by atoms with Crippen molar-refractivity contribution in [1.82, 2.24) is 0 Å². The summed E-state index contributed by atoms with van der Waals surface area (Å²) in [6.45, 7) is 7.71. The number of carboxylic acids is 1. The number of hydrogen-bond donors (Lipinski definition) is 3. The summed E-state index contributed by atoms with van der Waals surface area (Å²) in [5.74, 6) is -1.45. The summed E-state index contributed by atoms with van der Waals surface area (Å²) in [5, 5.41) is 41.0. The van der Waals surface area contributed by atoms with E-state index in [-0.39, 0.29) is 30.1 Å². The standard InChI is InChI=1S/C24H38O7/c1-5-24(3,4)23(30)31-20-12-17(26)10-15-7-6-14(2)19(22(15)20)9-8-16(25)11-18(27)13-21(28)29/h6-7,10,14,16-20,22,25-27H,5,8-9,11-13H2,1-4H3,(H,28,29)/p-1/t14-,16+,17-,18+,19-,20-,22-/m0/s1. The van der Waals surface area contributed by atoms with E-state index in [1.165, 1.54) is 0 Å². The number of ether oxygens (including phenoxy) is 1. The van der Waals surface area contributed by atoms with Crippen molar-refractivity contribution >= 4 is 11.9 Å². The fourth-order valence-electron chi connectivity index (χ4n) is 4.52. The van der Waals surface area contributed by atoms with E-state index >= 15 is 0 Å². The lowest BCUT2D eigenvalue weighted by Gasteiger charge is -2.43. The highest BCUT2D eigenvalue weighted by molar-refractivity contribution is 5.76. The Kier molecular flexibility index (Phi) is 8.86. The Morgan fingerprint density at radius 2 is 1.97 bits per heavy atom. The Morgan fingerprint density at radius 3 is 2.58 bits per heavy atom. The number of carbonyl (C=O) groups is 2. The molecule has 2 aliphatic rings. The van der Waals surface area contributed by atoms with Gasteiger partial charge in [0.25, 0.3) is 0 Å². The van der Waals surface area contributed by atoms with Crippen LogP contribution in [0.15, 0.2) is 23.8 Å². The first-order valence-electron chi connectivity index (χ1n) is 11.3. The lowest BCUT2D eigenvalue weighted by Crippen LogP contribution is -2.44. The van der Waals surface area contributed by atoms with Crippen LogP contribution in [0.2, 0.25) is 0 Å². The van der Waals surface area contributed by atoms with Gasteiger partial charge in [-0.05, 0) is 56.9 Å². The van der Waals surface area contributed by atoms with Gasteiger partial charge in [0.1, 0.15) is 6.10 Å². The molecule has 0 saturated carbocycles. The molecule has 0 aromatic rings. The maximum Gasteiger partial charge on any atom is 0.311 e. The van der Waals surface area contributed by atoms with Crippen LogP contribution in [0.3, 0.4) is 0 Å². The molecule has 0 aliphatic heterocycles. The molecule has 0 saturated heterocycles.